The molecule has 1 aliphatic carbocycles. The highest BCUT2D eigenvalue weighted by Crippen LogP contribution is 2.29. The van der Waals surface area contributed by atoms with Gasteiger partial charge >= 0.3 is 0 Å². The molecule has 2 fully saturated rings. The number of nitrogens with one attached hydrogen (secondary N) is 2. The van der Waals surface area contributed by atoms with Gasteiger partial charge < -0.3 is 15.5 Å². The molecule has 0 atom stereocenters. The van der Waals surface area contributed by atoms with E-state index in [4.69, 9.17) is 0 Å². The molecule has 2 N–H and O–H groups in total. The summed E-state index contributed by atoms with van der Waals surface area (Å²) in [5.74, 6) is 0.150. The number of piperidine rings is 1. The van der Waals surface area contributed by atoms with Crippen molar-refractivity contribution in [3.8, 4) is 0 Å². The number of hydrogen-bond acceptors (Lipinski definition) is 3. The van der Waals surface area contributed by atoms with Crippen LogP contribution in [0, 0.1) is 5.41 Å². The number of rotatable bonds is 5. The van der Waals surface area contributed by atoms with Crippen LogP contribution in [0.25, 0.3) is 0 Å². The van der Waals surface area contributed by atoms with Crippen LogP contribution >= 0.6 is 0 Å². The SMILES string of the molecule is CN1CCC(C)(CNC(=O)CNC2CC2)CC1. The maximum absolute atomic E-state index is 11.6. The van der Waals surface area contributed by atoms with E-state index >= 15 is 0 Å². The van der Waals surface area contributed by atoms with Gasteiger partial charge in [-0.15, -0.1) is 0 Å². The highest BCUT2D eigenvalue weighted by molar-refractivity contribution is 5.78. The minimum Gasteiger partial charge on any atom is -0.354 e. The van der Waals surface area contributed by atoms with Gasteiger partial charge in [-0.25, -0.2) is 0 Å². The largest absolute Gasteiger partial charge is 0.354 e. The van der Waals surface area contributed by atoms with E-state index in [1.807, 2.05) is 0 Å². The normalized spacial score (nSPS) is 24.6. The molecule has 0 aromatic rings. The Kier molecular flexibility index (Phi) is 4.05. The second-order valence-electron chi connectivity index (χ2n) is 6.05. The first-order valence-electron chi connectivity index (χ1n) is 6.76. The molecule has 4 heteroatoms. The third-order valence-corrected chi connectivity index (χ3v) is 4.04. The second-order valence-corrected chi connectivity index (χ2v) is 6.05. The molecule has 0 aromatic carbocycles. The summed E-state index contributed by atoms with van der Waals surface area (Å²) in [6.45, 7) is 5.89. The zero-order chi connectivity index (χ0) is 12.3. The summed E-state index contributed by atoms with van der Waals surface area (Å²) >= 11 is 0. The van der Waals surface area contributed by atoms with Gasteiger partial charge in [-0.1, -0.05) is 6.92 Å². The fourth-order valence-electron chi connectivity index (χ4n) is 2.23. The Bertz CT molecular complexity index is 268. The van der Waals surface area contributed by atoms with Crippen LogP contribution in [0.2, 0.25) is 0 Å². The standard InChI is InChI=1S/C13H25N3O/c1-13(5-7-16(2)8-6-13)10-15-12(17)9-14-11-3-4-11/h11,14H,3-10H2,1-2H3,(H,15,17). The van der Waals surface area contributed by atoms with Gasteiger partial charge in [0.25, 0.3) is 0 Å². The summed E-state index contributed by atoms with van der Waals surface area (Å²) in [5, 5.41) is 6.31. The molecule has 1 aliphatic heterocycles. The Balaban J connectivity index is 1.63. The molecule has 1 saturated heterocycles. The van der Waals surface area contributed by atoms with Crippen LogP contribution in [0.4, 0.5) is 0 Å². The van der Waals surface area contributed by atoms with Crippen molar-refractivity contribution in [1.29, 1.82) is 0 Å². The molecule has 4 nitrogen and oxygen atoms in total. The first-order valence-corrected chi connectivity index (χ1v) is 6.76. The Labute approximate surface area is 104 Å². The van der Waals surface area contributed by atoms with Crippen molar-refractivity contribution in [2.45, 2.75) is 38.6 Å². The Morgan fingerprint density at radius 2 is 2.00 bits per heavy atom. The number of carbonyl (C=O) groups excluding carboxylic acids is 1. The van der Waals surface area contributed by atoms with Gasteiger partial charge in [0.1, 0.15) is 0 Å². The maximum atomic E-state index is 11.6. The Hall–Kier alpha value is -0.610. The highest BCUT2D eigenvalue weighted by atomic mass is 16.1. The monoisotopic (exact) mass is 239 g/mol. The van der Waals surface area contributed by atoms with E-state index in [9.17, 15) is 4.79 Å². The van der Waals surface area contributed by atoms with Gasteiger partial charge in [0.05, 0.1) is 6.54 Å². The third-order valence-electron chi connectivity index (χ3n) is 4.04. The van der Waals surface area contributed by atoms with Crippen molar-refractivity contribution in [1.82, 2.24) is 15.5 Å². The van der Waals surface area contributed by atoms with E-state index < -0.39 is 0 Å². The minimum atomic E-state index is 0.150. The molecule has 0 radical (unpaired) electrons. The Morgan fingerprint density at radius 1 is 1.35 bits per heavy atom. The molecule has 1 heterocycles. The quantitative estimate of drug-likeness (QED) is 0.738. The fraction of sp³-hybridized carbons (Fsp3) is 0.923. The lowest BCUT2D eigenvalue weighted by molar-refractivity contribution is -0.120. The second kappa shape index (κ2) is 5.36. The molecule has 2 aliphatic rings. The summed E-state index contributed by atoms with van der Waals surface area (Å²) in [5.41, 5.74) is 0.293. The molecular weight excluding hydrogens is 214 g/mol. The van der Waals surface area contributed by atoms with Crippen LogP contribution < -0.4 is 10.6 Å². The van der Waals surface area contributed by atoms with Gasteiger partial charge in [0.15, 0.2) is 0 Å². The fourth-order valence-corrected chi connectivity index (χ4v) is 2.23. The molecule has 0 spiro atoms. The van der Waals surface area contributed by atoms with E-state index in [-0.39, 0.29) is 5.91 Å². The van der Waals surface area contributed by atoms with E-state index in [0.717, 1.165) is 19.6 Å². The van der Waals surface area contributed by atoms with Crippen LogP contribution in [0.5, 0.6) is 0 Å². The maximum Gasteiger partial charge on any atom is 0.233 e. The molecule has 0 aromatic heterocycles. The Morgan fingerprint density at radius 3 is 2.59 bits per heavy atom. The number of amides is 1. The van der Waals surface area contributed by atoms with Crippen LogP contribution in [0.1, 0.15) is 32.6 Å². The molecule has 17 heavy (non-hydrogen) atoms. The van der Waals surface area contributed by atoms with Crippen molar-refractivity contribution in [2.24, 2.45) is 5.41 Å². The predicted molar refractivity (Wildman–Crippen MR) is 68.9 cm³/mol. The molecule has 1 saturated carbocycles. The lowest BCUT2D eigenvalue weighted by Crippen LogP contribution is -2.45. The smallest absolute Gasteiger partial charge is 0.233 e. The zero-order valence-corrected chi connectivity index (χ0v) is 11.1. The summed E-state index contributed by atoms with van der Waals surface area (Å²) < 4.78 is 0. The number of nitrogens with zero attached hydrogens (tertiary/aromatic N) is 1. The molecule has 0 bridgehead atoms. The molecule has 1 amide bonds. The molecular formula is C13H25N3O. The first kappa shape index (κ1) is 12.8. The van der Waals surface area contributed by atoms with Gasteiger partial charge in [-0.05, 0) is 51.2 Å². The van der Waals surface area contributed by atoms with Crippen LogP contribution in [-0.2, 0) is 4.79 Å². The summed E-state index contributed by atoms with van der Waals surface area (Å²) in [6, 6.07) is 0.611. The summed E-state index contributed by atoms with van der Waals surface area (Å²) in [7, 11) is 2.16. The summed E-state index contributed by atoms with van der Waals surface area (Å²) in [6.07, 6.45) is 4.83. The lowest BCUT2D eigenvalue weighted by atomic mass is 9.80. The van der Waals surface area contributed by atoms with Gasteiger partial charge in [-0.3, -0.25) is 4.79 Å². The first-order chi connectivity index (χ1) is 8.07. The van der Waals surface area contributed by atoms with Gasteiger partial charge in [-0.2, -0.15) is 0 Å². The average Bonchev–Trinajstić information content (AvgIpc) is 3.12. The molecule has 98 valence electrons. The van der Waals surface area contributed by atoms with Crippen molar-refractivity contribution >= 4 is 5.91 Å². The average molecular weight is 239 g/mol. The van der Waals surface area contributed by atoms with Crippen molar-refractivity contribution < 1.29 is 4.79 Å². The topological polar surface area (TPSA) is 44.4 Å². The number of carbonyl (C=O) groups is 1. The van der Waals surface area contributed by atoms with E-state index in [2.05, 4.69) is 29.5 Å². The molecule has 0 unspecified atom stereocenters. The predicted octanol–water partition coefficient (Wildman–Crippen LogP) is 0.587. The lowest BCUT2D eigenvalue weighted by Gasteiger charge is -2.37. The zero-order valence-electron chi connectivity index (χ0n) is 11.1. The third kappa shape index (κ3) is 4.28. The summed E-state index contributed by atoms with van der Waals surface area (Å²) in [4.78, 5) is 14.0. The van der Waals surface area contributed by atoms with Crippen LogP contribution in [-0.4, -0.2) is 50.1 Å². The van der Waals surface area contributed by atoms with E-state index in [1.54, 1.807) is 0 Å². The van der Waals surface area contributed by atoms with Crippen LogP contribution in [0.3, 0.4) is 0 Å². The van der Waals surface area contributed by atoms with E-state index in [0.29, 0.717) is 18.0 Å². The van der Waals surface area contributed by atoms with Crippen molar-refractivity contribution in [3.63, 3.8) is 0 Å². The highest BCUT2D eigenvalue weighted by Gasteiger charge is 2.29. The van der Waals surface area contributed by atoms with Gasteiger partial charge in [0.2, 0.25) is 5.91 Å². The number of likely N-dealkylation sites (tertiary alicyclic amines) is 1. The van der Waals surface area contributed by atoms with E-state index in [1.165, 1.54) is 25.7 Å². The van der Waals surface area contributed by atoms with Crippen LogP contribution in [0.15, 0.2) is 0 Å². The minimum absolute atomic E-state index is 0.150. The van der Waals surface area contributed by atoms with Gasteiger partial charge in [0, 0.05) is 12.6 Å². The number of hydrogen-bond donors (Lipinski definition) is 2. The molecule has 2 rings (SSSR count). The van der Waals surface area contributed by atoms with Crippen molar-refractivity contribution in [2.75, 3.05) is 33.2 Å². The van der Waals surface area contributed by atoms with Crippen molar-refractivity contribution in [3.05, 3.63) is 0 Å².